The van der Waals surface area contributed by atoms with E-state index >= 15 is 0 Å². The van der Waals surface area contributed by atoms with Crippen LogP contribution >= 0.6 is 0 Å². The van der Waals surface area contributed by atoms with Gasteiger partial charge in [-0.3, -0.25) is 0 Å². The zero-order valence-electron chi connectivity index (χ0n) is 17.6. The van der Waals surface area contributed by atoms with Gasteiger partial charge in [-0.2, -0.15) is 16.8 Å². The molecule has 2 N–H and O–H groups in total. The lowest BCUT2D eigenvalue weighted by atomic mass is 10.2. The van der Waals surface area contributed by atoms with Crippen molar-refractivity contribution < 1.29 is 30.0 Å². The molecule has 0 aliphatic carbocycles. The van der Waals surface area contributed by atoms with E-state index in [1.807, 2.05) is 0 Å². The third-order valence-corrected chi connectivity index (χ3v) is 6.50. The first-order chi connectivity index (χ1) is 15.7. The normalized spacial score (nSPS) is 11.4. The topological polar surface area (TPSA) is 128 Å². The maximum Gasteiger partial charge on any atom is 0.323 e. The van der Waals surface area contributed by atoms with Crippen molar-refractivity contribution in [2.45, 2.75) is 12.7 Å². The molecule has 3 aromatic rings. The molecule has 0 aliphatic rings. The monoisotopic (exact) mass is 490 g/mol. The Bertz CT molecular complexity index is 1310. The van der Waals surface area contributed by atoms with Crippen LogP contribution in [0.2, 0.25) is 0 Å². The minimum Gasteiger partial charge on any atom is -0.382 e. The largest absolute Gasteiger partial charge is 0.382 e. The molecule has 0 heterocycles. The van der Waals surface area contributed by atoms with Crippen molar-refractivity contribution in [2.24, 2.45) is 0 Å². The Labute approximate surface area is 192 Å². The van der Waals surface area contributed by atoms with Gasteiger partial charge in [0.05, 0.1) is 11.4 Å². The number of hydrogen-bond donors (Lipinski definition) is 2. The maximum atomic E-state index is 12.3. The number of para-hydroxylation sites is 2. The Morgan fingerprint density at radius 2 is 1.39 bits per heavy atom. The van der Waals surface area contributed by atoms with Gasteiger partial charge in [-0.05, 0) is 48.9 Å². The van der Waals surface area contributed by atoms with Crippen molar-refractivity contribution in [3.63, 3.8) is 0 Å². The number of carbonyl (C=O) groups is 1. The van der Waals surface area contributed by atoms with Gasteiger partial charge in [-0.25, -0.2) is 4.79 Å². The highest BCUT2D eigenvalue weighted by atomic mass is 32.2. The van der Waals surface area contributed by atoms with Gasteiger partial charge >= 0.3 is 26.3 Å². The van der Waals surface area contributed by atoms with E-state index in [1.54, 1.807) is 42.5 Å². The standard InChI is InChI=1S/C22H22N2O7S2/c1-2-32(26,27)31-21-11-7-6-10-20(21)24-22(25)23-18-12-14-19(15-13-18)30-33(28,29)16-17-8-4-3-5-9-17/h3-15H,2,16H2,1H3,(H2,23,24,25). The summed E-state index contributed by atoms with van der Waals surface area (Å²) in [7, 11) is -7.61. The van der Waals surface area contributed by atoms with E-state index in [0.717, 1.165) is 0 Å². The van der Waals surface area contributed by atoms with Crippen LogP contribution in [-0.2, 0) is 26.0 Å². The highest BCUT2D eigenvalue weighted by molar-refractivity contribution is 7.87. The lowest BCUT2D eigenvalue weighted by Crippen LogP contribution is -2.20. The van der Waals surface area contributed by atoms with Crippen LogP contribution in [0.5, 0.6) is 11.5 Å². The van der Waals surface area contributed by atoms with Gasteiger partial charge in [0.25, 0.3) is 0 Å². The van der Waals surface area contributed by atoms with Crippen molar-refractivity contribution in [3.8, 4) is 11.5 Å². The predicted octanol–water partition coefficient (Wildman–Crippen LogP) is 3.97. The van der Waals surface area contributed by atoms with E-state index in [4.69, 9.17) is 8.37 Å². The number of rotatable bonds is 9. The summed E-state index contributed by atoms with van der Waals surface area (Å²) in [5, 5.41) is 5.08. The molecule has 11 heteroatoms. The zero-order valence-corrected chi connectivity index (χ0v) is 19.2. The van der Waals surface area contributed by atoms with E-state index in [-0.39, 0.29) is 28.7 Å². The molecule has 0 saturated carbocycles. The molecular weight excluding hydrogens is 468 g/mol. The number of carbonyl (C=O) groups excluding carboxylic acids is 1. The number of amides is 2. The Morgan fingerprint density at radius 1 is 0.758 bits per heavy atom. The molecule has 0 fully saturated rings. The Balaban J connectivity index is 1.61. The van der Waals surface area contributed by atoms with Crippen LogP contribution in [0, 0.1) is 0 Å². The van der Waals surface area contributed by atoms with Gasteiger partial charge < -0.3 is 19.0 Å². The van der Waals surface area contributed by atoms with Crippen LogP contribution in [0.4, 0.5) is 16.2 Å². The van der Waals surface area contributed by atoms with Gasteiger partial charge in [0.2, 0.25) is 0 Å². The Hall–Kier alpha value is -3.57. The molecule has 0 atom stereocenters. The smallest absolute Gasteiger partial charge is 0.323 e. The van der Waals surface area contributed by atoms with E-state index in [0.29, 0.717) is 11.3 Å². The van der Waals surface area contributed by atoms with Crippen LogP contribution in [0.1, 0.15) is 12.5 Å². The van der Waals surface area contributed by atoms with E-state index in [1.165, 1.54) is 43.3 Å². The third-order valence-electron chi connectivity index (χ3n) is 4.23. The number of anilines is 2. The van der Waals surface area contributed by atoms with Crippen LogP contribution in [0.25, 0.3) is 0 Å². The summed E-state index contributed by atoms with van der Waals surface area (Å²) in [5.74, 6) is -0.406. The number of nitrogens with one attached hydrogen (secondary N) is 2. The van der Waals surface area contributed by atoms with Crippen LogP contribution in [-0.4, -0.2) is 28.6 Å². The maximum absolute atomic E-state index is 12.3. The lowest BCUT2D eigenvalue weighted by molar-refractivity contribution is 0.262. The highest BCUT2D eigenvalue weighted by Gasteiger charge is 2.16. The summed E-state index contributed by atoms with van der Waals surface area (Å²) in [6, 6.07) is 19.9. The van der Waals surface area contributed by atoms with Gasteiger partial charge in [-0.15, -0.1) is 0 Å². The van der Waals surface area contributed by atoms with Gasteiger partial charge in [-0.1, -0.05) is 42.5 Å². The fourth-order valence-electron chi connectivity index (χ4n) is 2.67. The molecule has 0 saturated heterocycles. The number of hydrogen-bond acceptors (Lipinski definition) is 7. The average Bonchev–Trinajstić information content (AvgIpc) is 2.76. The Morgan fingerprint density at radius 3 is 2.06 bits per heavy atom. The second-order valence-electron chi connectivity index (χ2n) is 6.80. The van der Waals surface area contributed by atoms with E-state index < -0.39 is 26.3 Å². The fourth-order valence-corrected chi connectivity index (χ4v) is 4.27. The SMILES string of the molecule is CCS(=O)(=O)Oc1ccccc1NC(=O)Nc1ccc(OS(=O)(=O)Cc2ccccc2)cc1. The first kappa shape index (κ1) is 24.1. The quantitative estimate of drug-likeness (QED) is 0.434. The molecule has 0 radical (unpaired) electrons. The van der Waals surface area contributed by atoms with Crippen molar-refractivity contribution in [2.75, 3.05) is 16.4 Å². The van der Waals surface area contributed by atoms with Crippen molar-refractivity contribution in [1.29, 1.82) is 0 Å². The van der Waals surface area contributed by atoms with Crippen molar-refractivity contribution in [1.82, 2.24) is 0 Å². The molecule has 174 valence electrons. The fraction of sp³-hybridized carbons (Fsp3) is 0.136. The van der Waals surface area contributed by atoms with Crippen molar-refractivity contribution >= 4 is 37.6 Å². The molecule has 33 heavy (non-hydrogen) atoms. The van der Waals surface area contributed by atoms with Crippen LogP contribution in [0.15, 0.2) is 78.9 Å². The minimum absolute atomic E-state index is 0.0122. The lowest BCUT2D eigenvalue weighted by Gasteiger charge is -2.13. The highest BCUT2D eigenvalue weighted by Crippen LogP contribution is 2.26. The second-order valence-corrected chi connectivity index (χ2v) is 10.2. The zero-order chi connectivity index (χ0) is 23.9. The summed E-state index contributed by atoms with van der Waals surface area (Å²) < 4.78 is 58.0. The average molecular weight is 491 g/mol. The summed E-state index contributed by atoms with van der Waals surface area (Å²) in [4.78, 5) is 12.3. The Kier molecular flexibility index (Phi) is 7.56. The minimum atomic E-state index is -3.85. The summed E-state index contributed by atoms with van der Waals surface area (Å²) >= 11 is 0. The first-order valence-corrected chi connectivity index (χ1v) is 13.0. The molecule has 2 amide bonds. The van der Waals surface area contributed by atoms with Gasteiger partial charge in [0.1, 0.15) is 11.5 Å². The van der Waals surface area contributed by atoms with Crippen LogP contribution < -0.4 is 19.0 Å². The summed E-state index contributed by atoms with van der Waals surface area (Å²) in [6.07, 6.45) is 0. The van der Waals surface area contributed by atoms with Crippen molar-refractivity contribution in [3.05, 3.63) is 84.4 Å². The molecule has 0 bridgehead atoms. The first-order valence-electron chi connectivity index (χ1n) is 9.81. The summed E-state index contributed by atoms with van der Waals surface area (Å²) in [5.41, 5.74) is 1.13. The molecule has 3 rings (SSSR count). The number of urea groups is 1. The molecule has 0 aromatic heterocycles. The van der Waals surface area contributed by atoms with Gasteiger partial charge in [0.15, 0.2) is 5.75 Å². The summed E-state index contributed by atoms with van der Waals surface area (Å²) in [6.45, 7) is 1.44. The molecule has 9 nitrogen and oxygen atoms in total. The third kappa shape index (κ3) is 7.51. The number of benzene rings is 3. The predicted molar refractivity (Wildman–Crippen MR) is 125 cm³/mol. The second kappa shape index (κ2) is 10.4. The molecule has 0 unspecified atom stereocenters. The van der Waals surface area contributed by atoms with E-state index in [9.17, 15) is 21.6 Å². The van der Waals surface area contributed by atoms with Crippen LogP contribution in [0.3, 0.4) is 0 Å². The molecular formula is C22H22N2O7S2. The molecule has 0 aliphatic heterocycles. The van der Waals surface area contributed by atoms with Gasteiger partial charge in [0, 0.05) is 5.69 Å². The molecule has 3 aromatic carbocycles. The molecule has 0 spiro atoms. The van der Waals surface area contributed by atoms with E-state index in [2.05, 4.69) is 10.6 Å².